The average molecular weight is 223 g/mol. The SMILES string of the molecule is C=C/C(=C\C=C/C)OC1CCN(C)C1.CC. The molecule has 0 spiro atoms. The summed E-state index contributed by atoms with van der Waals surface area (Å²) < 4.78 is 5.78. The third-order valence-corrected chi connectivity index (χ3v) is 2.30. The van der Waals surface area contributed by atoms with Crippen LogP contribution < -0.4 is 0 Å². The zero-order valence-corrected chi connectivity index (χ0v) is 11.1. The normalized spacial score (nSPS) is 21.8. The van der Waals surface area contributed by atoms with Crippen LogP contribution in [0.25, 0.3) is 0 Å². The van der Waals surface area contributed by atoms with E-state index in [1.165, 1.54) is 0 Å². The summed E-state index contributed by atoms with van der Waals surface area (Å²) in [6.45, 7) is 11.9. The lowest BCUT2D eigenvalue weighted by molar-refractivity contribution is 0.133. The fraction of sp³-hybridized carbons (Fsp3) is 0.571. The Kier molecular flexibility index (Phi) is 8.64. The molecule has 0 aromatic rings. The molecule has 0 saturated carbocycles. The molecule has 1 aliphatic rings. The second-order valence-corrected chi connectivity index (χ2v) is 3.59. The van der Waals surface area contributed by atoms with Gasteiger partial charge in [-0.1, -0.05) is 32.6 Å². The maximum atomic E-state index is 5.78. The van der Waals surface area contributed by atoms with Crippen LogP contribution in [0.5, 0.6) is 0 Å². The van der Waals surface area contributed by atoms with Gasteiger partial charge in [-0.3, -0.25) is 0 Å². The van der Waals surface area contributed by atoms with E-state index in [9.17, 15) is 0 Å². The number of likely N-dealkylation sites (N-methyl/N-ethyl adjacent to an activating group) is 1. The lowest BCUT2D eigenvalue weighted by Gasteiger charge is -2.13. The van der Waals surface area contributed by atoms with Gasteiger partial charge in [0.1, 0.15) is 11.9 Å². The summed E-state index contributed by atoms with van der Waals surface area (Å²) in [7, 11) is 2.12. The molecule has 92 valence electrons. The molecule has 0 bridgehead atoms. The highest BCUT2D eigenvalue weighted by molar-refractivity contribution is 5.16. The average Bonchev–Trinajstić information content (AvgIpc) is 2.72. The van der Waals surface area contributed by atoms with Crippen LogP contribution in [0.3, 0.4) is 0 Å². The van der Waals surface area contributed by atoms with Gasteiger partial charge in [0, 0.05) is 13.1 Å². The van der Waals surface area contributed by atoms with Crippen molar-refractivity contribution in [3.63, 3.8) is 0 Å². The highest BCUT2D eigenvalue weighted by Gasteiger charge is 2.20. The molecule has 2 heteroatoms. The third-order valence-electron chi connectivity index (χ3n) is 2.30. The van der Waals surface area contributed by atoms with Gasteiger partial charge < -0.3 is 9.64 Å². The van der Waals surface area contributed by atoms with Crippen LogP contribution in [0.4, 0.5) is 0 Å². The van der Waals surface area contributed by atoms with E-state index < -0.39 is 0 Å². The van der Waals surface area contributed by atoms with Crippen molar-refractivity contribution in [1.82, 2.24) is 4.90 Å². The Morgan fingerprint density at radius 2 is 2.12 bits per heavy atom. The zero-order valence-electron chi connectivity index (χ0n) is 11.1. The number of hydrogen-bond donors (Lipinski definition) is 0. The first-order chi connectivity index (χ1) is 7.76. The van der Waals surface area contributed by atoms with Crippen LogP contribution in [0.15, 0.2) is 36.6 Å². The molecule has 16 heavy (non-hydrogen) atoms. The van der Waals surface area contributed by atoms with Gasteiger partial charge >= 0.3 is 0 Å². The van der Waals surface area contributed by atoms with Gasteiger partial charge in [-0.25, -0.2) is 0 Å². The molecule has 1 aliphatic heterocycles. The molecule has 1 rings (SSSR count). The Morgan fingerprint density at radius 3 is 2.56 bits per heavy atom. The summed E-state index contributed by atoms with van der Waals surface area (Å²) in [6, 6.07) is 0. The number of allylic oxidation sites excluding steroid dienone is 4. The molecule has 0 aliphatic carbocycles. The van der Waals surface area contributed by atoms with Gasteiger partial charge in [0.25, 0.3) is 0 Å². The van der Waals surface area contributed by atoms with Crippen molar-refractivity contribution in [1.29, 1.82) is 0 Å². The van der Waals surface area contributed by atoms with Crippen LogP contribution in [0.1, 0.15) is 27.2 Å². The molecule has 1 heterocycles. The van der Waals surface area contributed by atoms with Crippen LogP contribution in [0.2, 0.25) is 0 Å². The Balaban J connectivity index is 0.00000106. The van der Waals surface area contributed by atoms with Gasteiger partial charge in [0.2, 0.25) is 0 Å². The molecule has 0 radical (unpaired) electrons. The maximum absolute atomic E-state index is 5.78. The van der Waals surface area contributed by atoms with Crippen LogP contribution in [0, 0.1) is 0 Å². The quantitative estimate of drug-likeness (QED) is 0.535. The fourth-order valence-electron chi connectivity index (χ4n) is 1.53. The maximum Gasteiger partial charge on any atom is 0.119 e. The van der Waals surface area contributed by atoms with Crippen LogP contribution >= 0.6 is 0 Å². The van der Waals surface area contributed by atoms with Crippen molar-refractivity contribution in [2.24, 2.45) is 0 Å². The van der Waals surface area contributed by atoms with E-state index in [1.54, 1.807) is 6.08 Å². The first-order valence-electron chi connectivity index (χ1n) is 6.07. The number of hydrogen-bond acceptors (Lipinski definition) is 2. The van der Waals surface area contributed by atoms with Crippen LogP contribution in [-0.4, -0.2) is 31.1 Å². The summed E-state index contributed by atoms with van der Waals surface area (Å²) in [4.78, 5) is 2.28. The number of ether oxygens (including phenoxy) is 1. The molecule has 0 N–H and O–H groups in total. The molecule has 1 saturated heterocycles. The van der Waals surface area contributed by atoms with Crippen molar-refractivity contribution in [2.75, 3.05) is 20.1 Å². The summed E-state index contributed by atoms with van der Waals surface area (Å²) >= 11 is 0. The highest BCUT2D eigenvalue weighted by atomic mass is 16.5. The van der Waals surface area contributed by atoms with Gasteiger partial charge in [0.05, 0.1) is 0 Å². The lowest BCUT2D eigenvalue weighted by atomic mass is 10.3. The molecular weight excluding hydrogens is 198 g/mol. The predicted molar refractivity (Wildman–Crippen MR) is 71.4 cm³/mol. The zero-order chi connectivity index (χ0) is 12.4. The van der Waals surface area contributed by atoms with Crippen molar-refractivity contribution >= 4 is 0 Å². The predicted octanol–water partition coefficient (Wildman–Crippen LogP) is 3.38. The second-order valence-electron chi connectivity index (χ2n) is 3.59. The number of likely N-dealkylation sites (tertiary alicyclic amines) is 1. The van der Waals surface area contributed by atoms with Gasteiger partial charge in [-0.05, 0) is 32.5 Å². The molecular formula is C14H25NO. The summed E-state index contributed by atoms with van der Waals surface area (Å²) in [6.07, 6.45) is 9.10. The van der Waals surface area contributed by atoms with E-state index in [0.717, 1.165) is 25.3 Å². The van der Waals surface area contributed by atoms with E-state index in [2.05, 4.69) is 18.5 Å². The first kappa shape index (κ1) is 15.0. The second kappa shape index (κ2) is 9.22. The van der Waals surface area contributed by atoms with Gasteiger partial charge in [0.15, 0.2) is 0 Å². The Hall–Kier alpha value is -1.02. The smallest absolute Gasteiger partial charge is 0.119 e. The summed E-state index contributed by atoms with van der Waals surface area (Å²) in [5, 5.41) is 0. The van der Waals surface area contributed by atoms with E-state index in [-0.39, 0.29) is 0 Å². The Labute approximate surface area is 100 Å². The highest BCUT2D eigenvalue weighted by Crippen LogP contribution is 2.14. The monoisotopic (exact) mass is 223 g/mol. The fourth-order valence-corrected chi connectivity index (χ4v) is 1.53. The lowest BCUT2D eigenvalue weighted by Crippen LogP contribution is -2.18. The molecule has 1 unspecified atom stereocenters. The first-order valence-corrected chi connectivity index (χ1v) is 6.07. The van der Waals surface area contributed by atoms with Crippen molar-refractivity contribution in [3.8, 4) is 0 Å². The standard InChI is InChI=1S/C12H19NO.C2H6/c1-4-6-7-11(5-2)14-12-8-9-13(3)10-12;1-2/h4-7,12H,2,8-10H2,1,3H3;1-2H3/b6-4-,11-7+;. The topological polar surface area (TPSA) is 12.5 Å². The van der Waals surface area contributed by atoms with Gasteiger partial charge in [-0.2, -0.15) is 0 Å². The molecule has 2 nitrogen and oxygen atoms in total. The van der Waals surface area contributed by atoms with E-state index in [4.69, 9.17) is 4.74 Å². The van der Waals surface area contributed by atoms with Crippen molar-refractivity contribution in [2.45, 2.75) is 33.3 Å². The van der Waals surface area contributed by atoms with Crippen molar-refractivity contribution < 1.29 is 4.74 Å². The molecule has 0 aromatic carbocycles. The number of rotatable bonds is 4. The molecule has 0 amide bonds. The minimum Gasteiger partial charge on any atom is -0.489 e. The summed E-state index contributed by atoms with van der Waals surface area (Å²) in [5.41, 5.74) is 0. The van der Waals surface area contributed by atoms with Crippen molar-refractivity contribution in [3.05, 3.63) is 36.6 Å². The van der Waals surface area contributed by atoms with Gasteiger partial charge in [-0.15, -0.1) is 0 Å². The van der Waals surface area contributed by atoms with E-state index in [0.29, 0.717) is 6.10 Å². The van der Waals surface area contributed by atoms with E-state index in [1.807, 2.05) is 39.0 Å². The summed E-state index contributed by atoms with van der Waals surface area (Å²) in [5.74, 6) is 0.864. The largest absolute Gasteiger partial charge is 0.489 e. The number of nitrogens with zero attached hydrogens (tertiary/aromatic N) is 1. The minimum absolute atomic E-state index is 0.328. The molecule has 1 atom stereocenters. The molecule has 0 aromatic heterocycles. The Bertz CT molecular complexity index is 243. The third kappa shape index (κ3) is 5.76. The minimum atomic E-state index is 0.328. The van der Waals surface area contributed by atoms with Crippen LogP contribution in [-0.2, 0) is 4.74 Å². The Morgan fingerprint density at radius 1 is 1.44 bits per heavy atom. The molecule has 1 fully saturated rings. The van der Waals surface area contributed by atoms with E-state index >= 15 is 0 Å².